The van der Waals surface area contributed by atoms with Crippen LogP contribution in [0.25, 0.3) is 0 Å². The smallest absolute Gasteiger partial charge is 0.161 e. The van der Waals surface area contributed by atoms with Crippen molar-refractivity contribution >= 4 is 0 Å². The number of methoxy groups -OCH3 is 2. The predicted molar refractivity (Wildman–Crippen MR) is 92.6 cm³/mol. The summed E-state index contributed by atoms with van der Waals surface area (Å²) in [5.74, 6) is 1.62. The van der Waals surface area contributed by atoms with Crippen molar-refractivity contribution in [2.75, 3.05) is 34.9 Å². The van der Waals surface area contributed by atoms with Gasteiger partial charge in [-0.05, 0) is 23.3 Å². The Morgan fingerprint density at radius 2 is 1.67 bits per heavy atom. The monoisotopic (exact) mass is 327 g/mol. The average Bonchev–Trinajstić information content (AvgIpc) is 2.58. The van der Waals surface area contributed by atoms with Crippen molar-refractivity contribution in [1.29, 1.82) is 0 Å². The average molecular weight is 327 g/mol. The molecule has 0 N–H and O–H groups in total. The summed E-state index contributed by atoms with van der Waals surface area (Å²) in [6.07, 6.45) is 1.93. The van der Waals surface area contributed by atoms with E-state index in [9.17, 15) is 5.11 Å². The third-order valence-corrected chi connectivity index (χ3v) is 5.16. The number of benzene rings is 2. The highest BCUT2D eigenvalue weighted by Crippen LogP contribution is 2.41. The van der Waals surface area contributed by atoms with Gasteiger partial charge in [0, 0.05) is 18.4 Å². The molecule has 1 aliphatic heterocycles. The molecule has 0 aliphatic carbocycles. The third kappa shape index (κ3) is 3.06. The van der Waals surface area contributed by atoms with Gasteiger partial charge >= 0.3 is 0 Å². The number of rotatable bonds is 4. The molecule has 4 nitrogen and oxygen atoms in total. The molecule has 0 fully saturated rings. The lowest BCUT2D eigenvalue weighted by Gasteiger charge is -2.43. The van der Waals surface area contributed by atoms with E-state index in [-0.39, 0.29) is 5.75 Å². The Hall–Kier alpha value is -2.20. The second-order valence-corrected chi connectivity index (χ2v) is 7.02. The Balaban J connectivity index is 2.02. The summed E-state index contributed by atoms with van der Waals surface area (Å²) < 4.78 is 11.9. The van der Waals surface area contributed by atoms with E-state index in [2.05, 4.69) is 26.2 Å². The summed E-state index contributed by atoms with van der Waals surface area (Å²) in [4.78, 5) is 0. The molecular weight excluding hydrogens is 302 g/mol. The van der Waals surface area contributed by atoms with Crippen LogP contribution < -0.4 is 14.6 Å². The molecule has 0 aromatic heterocycles. The predicted octanol–water partition coefficient (Wildman–Crippen LogP) is 2.69. The number of likely N-dealkylation sites (N-methyl/N-ethyl adjacent to an activating group) is 1. The normalized spacial score (nSPS) is 18.8. The van der Waals surface area contributed by atoms with Crippen LogP contribution in [0.4, 0.5) is 0 Å². The van der Waals surface area contributed by atoms with E-state index in [0.29, 0.717) is 6.04 Å². The number of hydrogen-bond donors (Lipinski definition) is 0. The molecule has 0 radical (unpaired) electrons. The zero-order valence-electron chi connectivity index (χ0n) is 14.8. The Bertz CT molecular complexity index is 722. The molecule has 0 amide bonds. The minimum absolute atomic E-state index is 0.0583. The fourth-order valence-corrected chi connectivity index (χ4v) is 3.61. The van der Waals surface area contributed by atoms with Gasteiger partial charge in [0.2, 0.25) is 0 Å². The molecule has 2 aromatic carbocycles. The maximum atomic E-state index is 11.4. The summed E-state index contributed by atoms with van der Waals surface area (Å²) in [6, 6.07) is 11.7. The molecule has 0 unspecified atom stereocenters. The van der Waals surface area contributed by atoms with Gasteiger partial charge in [0.1, 0.15) is 6.04 Å². The van der Waals surface area contributed by atoms with E-state index in [1.165, 1.54) is 16.7 Å². The number of fused-ring (bicyclic) bond motifs is 1. The molecule has 1 atom stereocenters. The summed E-state index contributed by atoms with van der Waals surface area (Å²) in [7, 11) is 7.89. The molecule has 0 spiro atoms. The second kappa shape index (κ2) is 6.36. The van der Waals surface area contributed by atoms with Crippen LogP contribution in [-0.4, -0.2) is 39.3 Å². The Morgan fingerprint density at radius 3 is 2.29 bits per heavy atom. The molecule has 24 heavy (non-hydrogen) atoms. The van der Waals surface area contributed by atoms with Crippen molar-refractivity contribution in [1.82, 2.24) is 0 Å². The van der Waals surface area contributed by atoms with E-state index in [1.54, 1.807) is 26.4 Å². The summed E-state index contributed by atoms with van der Waals surface area (Å²) in [5, 5.41) is 11.4. The molecule has 0 saturated carbocycles. The van der Waals surface area contributed by atoms with Crippen LogP contribution in [-0.2, 0) is 12.8 Å². The number of ether oxygens (including phenoxy) is 2. The van der Waals surface area contributed by atoms with Crippen molar-refractivity contribution in [3.63, 3.8) is 0 Å². The van der Waals surface area contributed by atoms with Crippen LogP contribution in [0.15, 0.2) is 36.4 Å². The molecule has 2 aromatic rings. The Labute approximate surface area is 143 Å². The van der Waals surface area contributed by atoms with Gasteiger partial charge in [-0.3, -0.25) is 0 Å². The van der Waals surface area contributed by atoms with Crippen LogP contribution in [0.3, 0.4) is 0 Å². The first-order valence-corrected chi connectivity index (χ1v) is 8.28. The third-order valence-electron chi connectivity index (χ3n) is 5.16. The highest BCUT2D eigenvalue weighted by molar-refractivity contribution is 5.49. The molecule has 3 rings (SSSR count). The lowest BCUT2D eigenvalue weighted by atomic mass is 9.87. The quantitative estimate of drug-likeness (QED) is 0.811. The molecule has 1 heterocycles. The van der Waals surface area contributed by atoms with E-state index in [0.717, 1.165) is 35.4 Å². The van der Waals surface area contributed by atoms with Crippen molar-refractivity contribution in [2.45, 2.75) is 18.9 Å². The van der Waals surface area contributed by atoms with Crippen molar-refractivity contribution < 1.29 is 19.1 Å². The van der Waals surface area contributed by atoms with E-state index in [1.807, 2.05) is 12.1 Å². The van der Waals surface area contributed by atoms with E-state index in [4.69, 9.17) is 9.47 Å². The molecule has 1 aliphatic rings. The van der Waals surface area contributed by atoms with Crippen molar-refractivity contribution in [3.8, 4) is 17.2 Å². The summed E-state index contributed by atoms with van der Waals surface area (Å²) in [5.41, 5.74) is 3.83. The molecule has 0 saturated heterocycles. The van der Waals surface area contributed by atoms with Gasteiger partial charge in [0.05, 0.1) is 34.9 Å². The van der Waals surface area contributed by atoms with Gasteiger partial charge in [0.15, 0.2) is 11.5 Å². The largest absolute Gasteiger partial charge is 0.872 e. The van der Waals surface area contributed by atoms with Gasteiger partial charge < -0.3 is 19.1 Å². The number of nitrogens with zero attached hydrogens (tertiary/aromatic N) is 1. The fraction of sp³-hybridized carbons (Fsp3) is 0.400. The first-order valence-electron chi connectivity index (χ1n) is 8.28. The highest BCUT2D eigenvalue weighted by atomic mass is 16.5. The highest BCUT2D eigenvalue weighted by Gasteiger charge is 2.36. The lowest BCUT2D eigenvalue weighted by molar-refractivity contribution is -0.923. The van der Waals surface area contributed by atoms with Crippen LogP contribution in [0, 0.1) is 0 Å². The second-order valence-electron chi connectivity index (χ2n) is 7.02. The first-order chi connectivity index (χ1) is 11.4. The first kappa shape index (κ1) is 16.7. The SMILES string of the molecule is COc1cc2c(cc1OC)[C@@H](Cc1ccc([O-])cc1)[N+](C)(C)CC2. The Morgan fingerprint density at radius 1 is 1.04 bits per heavy atom. The minimum Gasteiger partial charge on any atom is -0.872 e. The zero-order chi connectivity index (χ0) is 17.3. The fourth-order valence-electron chi connectivity index (χ4n) is 3.61. The molecule has 128 valence electrons. The van der Waals surface area contributed by atoms with Crippen molar-refractivity contribution in [2.24, 2.45) is 0 Å². The molecule has 4 heteroatoms. The van der Waals surface area contributed by atoms with E-state index < -0.39 is 0 Å². The number of hydrogen-bond acceptors (Lipinski definition) is 3. The van der Waals surface area contributed by atoms with Gasteiger partial charge in [0.25, 0.3) is 0 Å². The zero-order valence-corrected chi connectivity index (χ0v) is 14.8. The lowest BCUT2D eigenvalue weighted by Crippen LogP contribution is -2.48. The maximum Gasteiger partial charge on any atom is 0.161 e. The standard InChI is InChI=1S/C20H25NO3/c1-21(2)10-9-15-12-19(23-3)20(24-4)13-17(15)18(21)11-14-5-7-16(22)8-6-14/h5-8,12-13,18H,9-11H2,1-4H3/t18-/m1/s1. The van der Waals surface area contributed by atoms with Crippen LogP contribution in [0.2, 0.25) is 0 Å². The number of quaternary nitrogens is 1. The molecular formula is C20H25NO3. The Kier molecular flexibility index (Phi) is 4.41. The van der Waals surface area contributed by atoms with Crippen molar-refractivity contribution in [3.05, 3.63) is 53.1 Å². The van der Waals surface area contributed by atoms with Gasteiger partial charge in [-0.25, -0.2) is 0 Å². The van der Waals surface area contributed by atoms with E-state index >= 15 is 0 Å². The van der Waals surface area contributed by atoms with Crippen LogP contribution in [0.5, 0.6) is 17.2 Å². The van der Waals surface area contributed by atoms with Crippen LogP contribution in [0.1, 0.15) is 22.7 Å². The minimum atomic E-state index is 0.0583. The summed E-state index contributed by atoms with van der Waals surface area (Å²) >= 11 is 0. The maximum absolute atomic E-state index is 11.4. The topological polar surface area (TPSA) is 41.5 Å². The van der Waals surface area contributed by atoms with Gasteiger partial charge in [-0.1, -0.05) is 24.3 Å². The van der Waals surface area contributed by atoms with Crippen LogP contribution >= 0.6 is 0 Å². The summed E-state index contributed by atoms with van der Waals surface area (Å²) in [6.45, 7) is 1.08. The van der Waals surface area contributed by atoms with Gasteiger partial charge in [-0.15, -0.1) is 5.75 Å². The molecule has 0 bridgehead atoms. The van der Waals surface area contributed by atoms with Gasteiger partial charge in [-0.2, -0.15) is 0 Å².